The second-order valence-corrected chi connectivity index (χ2v) is 5.40. The summed E-state index contributed by atoms with van der Waals surface area (Å²) in [5, 5.41) is 2.23. The normalized spacial score (nSPS) is 20.2. The van der Waals surface area contributed by atoms with E-state index in [0.29, 0.717) is 18.8 Å². The van der Waals surface area contributed by atoms with Gasteiger partial charge in [0.2, 0.25) is 11.8 Å². The fourth-order valence-electron chi connectivity index (χ4n) is 2.03. The Labute approximate surface area is 125 Å². The molecule has 0 bridgehead atoms. The summed E-state index contributed by atoms with van der Waals surface area (Å²) in [6.07, 6.45) is 1.59. The van der Waals surface area contributed by atoms with Gasteiger partial charge in [0.15, 0.2) is 5.92 Å². The lowest BCUT2D eigenvalue weighted by atomic mass is 9.99. The Morgan fingerprint density at radius 1 is 1.33 bits per heavy atom. The van der Waals surface area contributed by atoms with Gasteiger partial charge < -0.3 is 4.90 Å². The van der Waals surface area contributed by atoms with Crippen molar-refractivity contribution in [1.82, 2.24) is 15.1 Å². The van der Waals surface area contributed by atoms with Crippen LogP contribution in [-0.4, -0.2) is 67.1 Å². The van der Waals surface area contributed by atoms with Gasteiger partial charge in [-0.15, -0.1) is 0 Å². The Hall–Kier alpha value is -1.76. The number of carbonyl (C=O) groups excluding carboxylic acids is 3. The molecule has 21 heavy (non-hydrogen) atoms. The highest BCUT2D eigenvalue weighted by Gasteiger charge is 2.41. The van der Waals surface area contributed by atoms with Crippen LogP contribution >= 0.6 is 0 Å². The second kappa shape index (κ2) is 7.87. The molecule has 0 aromatic carbocycles. The Morgan fingerprint density at radius 3 is 2.57 bits per heavy atom. The van der Waals surface area contributed by atoms with E-state index >= 15 is 0 Å². The lowest BCUT2D eigenvalue weighted by molar-refractivity contribution is -0.139. The van der Waals surface area contributed by atoms with E-state index in [1.165, 1.54) is 0 Å². The van der Waals surface area contributed by atoms with Gasteiger partial charge in [0.1, 0.15) is 0 Å². The first kappa shape index (κ1) is 17.3. The van der Waals surface area contributed by atoms with E-state index in [4.69, 9.17) is 0 Å². The van der Waals surface area contributed by atoms with Crippen molar-refractivity contribution in [2.24, 2.45) is 10.9 Å². The molecule has 1 atom stereocenters. The van der Waals surface area contributed by atoms with Gasteiger partial charge >= 0.3 is 6.03 Å². The highest BCUT2D eigenvalue weighted by atomic mass is 16.2. The largest absolute Gasteiger partial charge is 0.330 e. The van der Waals surface area contributed by atoms with Crippen molar-refractivity contribution in [3.05, 3.63) is 0 Å². The lowest BCUT2D eigenvalue weighted by Crippen LogP contribution is -2.59. The Balaban J connectivity index is 2.81. The van der Waals surface area contributed by atoms with Crippen molar-refractivity contribution in [1.29, 1.82) is 0 Å². The molecule has 4 amide bonds. The molecule has 1 N–H and O–H groups in total. The fraction of sp³-hybridized carbons (Fsp3) is 0.714. The number of carbonyl (C=O) groups is 3. The molecule has 0 aromatic rings. The van der Waals surface area contributed by atoms with Crippen molar-refractivity contribution < 1.29 is 14.4 Å². The molecular formula is C14H24N4O3. The van der Waals surface area contributed by atoms with Gasteiger partial charge in [-0.3, -0.25) is 24.8 Å². The highest BCUT2D eigenvalue weighted by molar-refractivity contribution is 6.27. The predicted molar refractivity (Wildman–Crippen MR) is 80.2 cm³/mol. The Kier molecular flexibility index (Phi) is 6.48. The quantitative estimate of drug-likeness (QED) is 0.548. The summed E-state index contributed by atoms with van der Waals surface area (Å²) in [7, 11) is 3.85. The molecule has 0 aliphatic carbocycles. The van der Waals surface area contributed by atoms with E-state index in [0.717, 1.165) is 24.3 Å². The standard InChI is InChI=1S/C14H24N4O3/c1-5-6-8-18-13(20)11(12(19)16-14(18)21)10(2)15-7-9-17(3)4/h11H,5-9H2,1-4H3,(H,16,19,21)/t11-/m1/s1. The third-order valence-corrected chi connectivity index (χ3v) is 3.31. The molecule has 7 nitrogen and oxygen atoms in total. The van der Waals surface area contributed by atoms with E-state index in [1.54, 1.807) is 6.92 Å². The average molecular weight is 296 g/mol. The molecule has 1 saturated heterocycles. The van der Waals surface area contributed by atoms with Crippen molar-refractivity contribution in [2.75, 3.05) is 33.7 Å². The number of imide groups is 2. The summed E-state index contributed by atoms with van der Waals surface area (Å²) in [6, 6.07) is -0.629. The first-order chi connectivity index (χ1) is 9.88. The van der Waals surface area contributed by atoms with Crippen molar-refractivity contribution in [3.63, 3.8) is 0 Å². The van der Waals surface area contributed by atoms with E-state index in [-0.39, 0.29) is 0 Å². The van der Waals surface area contributed by atoms with Crippen LogP contribution in [0.15, 0.2) is 4.99 Å². The fourth-order valence-corrected chi connectivity index (χ4v) is 2.03. The van der Waals surface area contributed by atoms with Crippen molar-refractivity contribution in [2.45, 2.75) is 26.7 Å². The van der Waals surface area contributed by atoms with Gasteiger partial charge in [0, 0.05) is 18.8 Å². The van der Waals surface area contributed by atoms with Crippen LogP contribution in [0.4, 0.5) is 4.79 Å². The third-order valence-electron chi connectivity index (χ3n) is 3.31. The van der Waals surface area contributed by atoms with Crippen LogP contribution in [0.1, 0.15) is 26.7 Å². The summed E-state index contributed by atoms with van der Waals surface area (Å²) in [5.41, 5.74) is 0.452. The van der Waals surface area contributed by atoms with Crippen LogP contribution in [0, 0.1) is 5.92 Å². The number of amides is 4. The van der Waals surface area contributed by atoms with Crippen molar-refractivity contribution >= 4 is 23.6 Å². The Morgan fingerprint density at radius 2 is 2.00 bits per heavy atom. The van der Waals surface area contributed by atoms with Crippen LogP contribution < -0.4 is 5.32 Å². The molecule has 1 aliphatic rings. The number of unbranched alkanes of at least 4 members (excludes halogenated alkanes) is 1. The number of hydrogen-bond donors (Lipinski definition) is 1. The van der Waals surface area contributed by atoms with Crippen LogP contribution in [0.2, 0.25) is 0 Å². The number of aliphatic imine (C=N–C) groups is 1. The van der Waals surface area contributed by atoms with Gasteiger partial charge in [0.05, 0.1) is 6.54 Å². The number of urea groups is 1. The van der Waals surface area contributed by atoms with Crippen LogP contribution in [0.25, 0.3) is 0 Å². The predicted octanol–water partition coefficient (Wildman–Crippen LogP) is 0.504. The average Bonchev–Trinajstić information content (AvgIpc) is 2.37. The number of likely N-dealkylation sites (N-methyl/N-ethyl adjacent to an activating group) is 1. The minimum Gasteiger partial charge on any atom is -0.308 e. The number of hydrogen-bond acceptors (Lipinski definition) is 5. The lowest BCUT2D eigenvalue weighted by Gasteiger charge is -2.30. The number of rotatable bonds is 7. The molecule has 0 aromatic heterocycles. The van der Waals surface area contributed by atoms with Crippen LogP contribution in [0.3, 0.4) is 0 Å². The van der Waals surface area contributed by atoms with Gasteiger partial charge in [-0.1, -0.05) is 13.3 Å². The third kappa shape index (κ3) is 4.63. The maximum Gasteiger partial charge on any atom is 0.330 e. The van der Waals surface area contributed by atoms with E-state index in [9.17, 15) is 14.4 Å². The van der Waals surface area contributed by atoms with Crippen molar-refractivity contribution in [3.8, 4) is 0 Å². The number of nitrogens with one attached hydrogen (secondary N) is 1. The van der Waals surface area contributed by atoms with Crippen LogP contribution in [-0.2, 0) is 9.59 Å². The van der Waals surface area contributed by atoms with E-state index in [1.807, 2.05) is 25.9 Å². The highest BCUT2D eigenvalue weighted by Crippen LogP contribution is 2.13. The first-order valence-corrected chi connectivity index (χ1v) is 7.20. The summed E-state index contributed by atoms with van der Waals surface area (Å²) >= 11 is 0. The molecule has 0 spiro atoms. The summed E-state index contributed by atoms with van der Waals surface area (Å²) in [5.74, 6) is -2.03. The summed E-state index contributed by atoms with van der Waals surface area (Å²) in [4.78, 5) is 43.3. The molecule has 1 aliphatic heterocycles. The molecule has 118 valence electrons. The maximum atomic E-state index is 12.3. The molecule has 0 unspecified atom stereocenters. The molecule has 1 rings (SSSR count). The Bertz CT molecular complexity index is 446. The number of barbiturate groups is 1. The first-order valence-electron chi connectivity index (χ1n) is 7.20. The monoisotopic (exact) mass is 296 g/mol. The van der Waals surface area contributed by atoms with E-state index in [2.05, 4.69) is 10.3 Å². The second-order valence-electron chi connectivity index (χ2n) is 5.40. The zero-order valence-corrected chi connectivity index (χ0v) is 13.2. The van der Waals surface area contributed by atoms with E-state index < -0.39 is 23.8 Å². The molecule has 0 radical (unpaired) electrons. The summed E-state index contributed by atoms with van der Waals surface area (Å²) in [6.45, 7) is 5.21. The molecule has 0 saturated carbocycles. The molecular weight excluding hydrogens is 272 g/mol. The minimum absolute atomic E-state index is 0.329. The zero-order valence-electron chi connectivity index (χ0n) is 13.2. The van der Waals surface area contributed by atoms with Gasteiger partial charge in [-0.2, -0.15) is 0 Å². The minimum atomic E-state index is -0.985. The smallest absolute Gasteiger partial charge is 0.308 e. The molecule has 7 heteroatoms. The summed E-state index contributed by atoms with van der Waals surface area (Å²) < 4.78 is 0. The van der Waals surface area contributed by atoms with Crippen LogP contribution in [0.5, 0.6) is 0 Å². The molecule has 1 heterocycles. The molecule has 1 fully saturated rings. The zero-order chi connectivity index (χ0) is 16.0. The maximum absolute atomic E-state index is 12.3. The topological polar surface area (TPSA) is 82.1 Å². The van der Waals surface area contributed by atoms with Gasteiger partial charge in [-0.25, -0.2) is 4.79 Å². The number of nitrogens with zero attached hydrogens (tertiary/aromatic N) is 3. The van der Waals surface area contributed by atoms with Gasteiger partial charge in [-0.05, 0) is 27.4 Å². The SMILES string of the molecule is CCCCN1C(=O)NC(=O)[C@@H](C(C)=NCCN(C)C)C1=O. The van der Waals surface area contributed by atoms with Gasteiger partial charge in [0.25, 0.3) is 0 Å².